The number of carboxylic acids is 1. The van der Waals surface area contributed by atoms with E-state index in [0.717, 1.165) is 32.1 Å². The molecule has 4 fully saturated rings. The van der Waals surface area contributed by atoms with E-state index in [9.17, 15) is 19.8 Å². The smallest absolute Gasteiger partial charge is 0.303 e. The van der Waals surface area contributed by atoms with Crippen molar-refractivity contribution in [2.24, 2.45) is 46.3 Å². The van der Waals surface area contributed by atoms with Crippen LogP contribution in [-0.2, 0) is 9.59 Å². The van der Waals surface area contributed by atoms with Crippen LogP contribution in [0.4, 0.5) is 0 Å². The van der Waals surface area contributed by atoms with Gasteiger partial charge in [-0.3, -0.25) is 9.59 Å². The molecule has 0 bridgehead atoms. The van der Waals surface area contributed by atoms with Crippen molar-refractivity contribution in [3.8, 4) is 0 Å². The van der Waals surface area contributed by atoms with Gasteiger partial charge in [-0.1, -0.05) is 20.8 Å². The first-order valence-corrected chi connectivity index (χ1v) is 11.7. The molecule has 4 saturated carbocycles. The van der Waals surface area contributed by atoms with Crippen LogP contribution in [0.15, 0.2) is 0 Å². The number of rotatable bonds is 4. The average Bonchev–Trinajstić information content (AvgIpc) is 3.01. The van der Waals surface area contributed by atoms with Gasteiger partial charge in [0.1, 0.15) is 5.78 Å². The predicted octanol–water partition coefficient (Wildman–Crippen LogP) is 3.66. The highest BCUT2D eigenvalue weighted by Gasteiger charge is 2.65. The van der Waals surface area contributed by atoms with Crippen LogP contribution < -0.4 is 0 Å². The Morgan fingerprint density at radius 2 is 1.86 bits per heavy atom. The van der Waals surface area contributed by atoms with Crippen LogP contribution in [0.1, 0.15) is 78.6 Å². The molecule has 0 spiro atoms. The number of carboxylic acid groups (broad SMARTS) is 1. The van der Waals surface area contributed by atoms with Gasteiger partial charge in [0.25, 0.3) is 0 Å². The maximum absolute atomic E-state index is 13.4. The Kier molecular flexibility index (Phi) is 5.39. The van der Waals surface area contributed by atoms with Crippen molar-refractivity contribution in [1.82, 2.24) is 0 Å². The topological polar surface area (TPSA) is 94.8 Å². The van der Waals surface area contributed by atoms with Crippen molar-refractivity contribution in [2.75, 3.05) is 0 Å². The Labute approximate surface area is 174 Å². The molecule has 10 atom stereocenters. The first-order chi connectivity index (χ1) is 13.6. The summed E-state index contributed by atoms with van der Waals surface area (Å²) in [5, 5.41) is 30.7. The summed E-state index contributed by atoms with van der Waals surface area (Å²) in [5.74, 6) is 0.775. The number of hydrogen-bond donors (Lipinski definition) is 3. The lowest BCUT2D eigenvalue weighted by Crippen LogP contribution is -2.61. The molecular weight excluding hydrogens is 368 g/mol. The summed E-state index contributed by atoms with van der Waals surface area (Å²) in [6.45, 7) is 6.62. The Morgan fingerprint density at radius 1 is 1.14 bits per heavy atom. The van der Waals surface area contributed by atoms with Crippen LogP contribution in [0.5, 0.6) is 0 Å². The largest absolute Gasteiger partial charge is 0.481 e. The quantitative estimate of drug-likeness (QED) is 0.662. The third-order valence-electron chi connectivity index (χ3n) is 10.1. The van der Waals surface area contributed by atoms with Crippen LogP contribution in [0.3, 0.4) is 0 Å². The van der Waals surface area contributed by atoms with Gasteiger partial charge in [-0.05, 0) is 80.0 Å². The lowest BCUT2D eigenvalue weighted by Gasteiger charge is -2.61. The van der Waals surface area contributed by atoms with Gasteiger partial charge in [-0.15, -0.1) is 0 Å². The van der Waals surface area contributed by atoms with E-state index in [1.165, 1.54) is 0 Å². The van der Waals surface area contributed by atoms with E-state index in [1.54, 1.807) is 0 Å². The molecule has 0 heterocycles. The van der Waals surface area contributed by atoms with Gasteiger partial charge in [-0.25, -0.2) is 0 Å². The van der Waals surface area contributed by atoms with Gasteiger partial charge in [0, 0.05) is 24.2 Å². The van der Waals surface area contributed by atoms with E-state index in [1.807, 2.05) is 0 Å². The summed E-state index contributed by atoms with van der Waals surface area (Å²) < 4.78 is 0. The molecule has 0 aromatic carbocycles. The normalized spacial score (nSPS) is 50.4. The first-order valence-electron chi connectivity index (χ1n) is 11.7. The summed E-state index contributed by atoms with van der Waals surface area (Å²) in [5.41, 5.74) is -0.265. The van der Waals surface area contributed by atoms with E-state index in [-0.39, 0.29) is 58.9 Å². The van der Waals surface area contributed by atoms with Crippen molar-refractivity contribution in [3.63, 3.8) is 0 Å². The Balaban J connectivity index is 1.62. The van der Waals surface area contributed by atoms with Crippen molar-refractivity contribution in [2.45, 2.75) is 90.8 Å². The number of carbonyl (C=O) groups excluding carboxylic acids is 1. The van der Waals surface area contributed by atoms with Crippen molar-refractivity contribution in [1.29, 1.82) is 0 Å². The minimum atomic E-state index is -0.762. The summed E-state index contributed by atoms with van der Waals surface area (Å²) in [7, 11) is 0. The van der Waals surface area contributed by atoms with Crippen LogP contribution in [0.25, 0.3) is 0 Å². The maximum atomic E-state index is 13.4. The molecule has 0 aromatic rings. The lowest BCUT2D eigenvalue weighted by molar-refractivity contribution is -0.182. The molecule has 29 heavy (non-hydrogen) atoms. The molecule has 164 valence electrons. The van der Waals surface area contributed by atoms with E-state index in [2.05, 4.69) is 20.8 Å². The molecular formula is C24H38O5. The average molecular weight is 407 g/mol. The summed E-state index contributed by atoms with van der Waals surface area (Å²) in [6.07, 6.45) is 5.74. The lowest BCUT2D eigenvalue weighted by atomic mass is 9.43. The van der Waals surface area contributed by atoms with Gasteiger partial charge >= 0.3 is 5.97 Å². The number of aliphatic hydroxyl groups is 2. The summed E-state index contributed by atoms with van der Waals surface area (Å²) in [4.78, 5) is 24.4. The number of fused-ring (bicyclic) bond motifs is 5. The molecule has 4 aliphatic rings. The van der Waals surface area contributed by atoms with Crippen molar-refractivity contribution >= 4 is 11.8 Å². The van der Waals surface area contributed by atoms with Crippen molar-refractivity contribution in [3.05, 3.63) is 0 Å². The van der Waals surface area contributed by atoms with E-state index < -0.39 is 12.1 Å². The molecule has 0 amide bonds. The molecule has 0 radical (unpaired) electrons. The van der Waals surface area contributed by atoms with Gasteiger partial charge in [0.15, 0.2) is 0 Å². The highest BCUT2D eigenvalue weighted by molar-refractivity contribution is 5.83. The number of aliphatic carboxylic acids is 1. The number of ketones is 1. The second-order valence-electron chi connectivity index (χ2n) is 11.3. The molecule has 0 saturated heterocycles. The second-order valence-corrected chi connectivity index (χ2v) is 11.3. The highest BCUT2D eigenvalue weighted by Crippen LogP contribution is 2.67. The number of carbonyl (C=O) groups is 2. The molecule has 0 aliphatic heterocycles. The second kappa shape index (κ2) is 7.33. The van der Waals surface area contributed by atoms with Gasteiger partial charge in [-0.2, -0.15) is 0 Å². The fraction of sp³-hybridized carbons (Fsp3) is 0.917. The molecule has 4 rings (SSSR count). The van der Waals surface area contributed by atoms with Crippen LogP contribution >= 0.6 is 0 Å². The highest BCUT2D eigenvalue weighted by atomic mass is 16.4. The minimum Gasteiger partial charge on any atom is -0.481 e. The van der Waals surface area contributed by atoms with Gasteiger partial charge in [0.05, 0.1) is 12.2 Å². The van der Waals surface area contributed by atoms with Crippen LogP contribution in [0, 0.1) is 46.3 Å². The zero-order valence-corrected chi connectivity index (χ0v) is 18.1. The van der Waals surface area contributed by atoms with Crippen LogP contribution in [0.2, 0.25) is 0 Å². The number of aliphatic hydroxyl groups excluding tert-OH is 2. The van der Waals surface area contributed by atoms with Gasteiger partial charge in [0.2, 0.25) is 0 Å². The predicted molar refractivity (Wildman–Crippen MR) is 109 cm³/mol. The van der Waals surface area contributed by atoms with Gasteiger partial charge < -0.3 is 15.3 Å². The SMILES string of the molecule is CC(CCC(=O)O)[C@H]1CCC2C3C(=O)C[C@@H]4C[C@H](O)CC[C@]4(C)C3C[C@H](O)[C@@]21C. The molecule has 3 N–H and O–H groups in total. The first kappa shape index (κ1) is 21.3. The number of Topliss-reactive ketones (excluding diaryl/α,β-unsaturated/α-hetero) is 1. The maximum Gasteiger partial charge on any atom is 0.303 e. The van der Waals surface area contributed by atoms with E-state index in [4.69, 9.17) is 5.11 Å². The fourth-order valence-corrected chi connectivity index (χ4v) is 8.40. The Morgan fingerprint density at radius 3 is 2.55 bits per heavy atom. The monoisotopic (exact) mass is 406 g/mol. The molecule has 5 heteroatoms. The Hall–Kier alpha value is -0.940. The zero-order valence-electron chi connectivity index (χ0n) is 18.1. The third kappa shape index (κ3) is 3.18. The summed E-state index contributed by atoms with van der Waals surface area (Å²) in [6, 6.07) is 0. The minimum absolute atomic E-state index is 0.0246. The molecule has 0 aromatic heterocycles. The van der Waals surface area contributed by atoms with E-state index in [0.29, 0.717) is 25.0 Å². The zero-order chi connectivity index (χ0) is 21.1. The number of hydrogen-bond acceptors (Lipinski definition) is 4. The Bertz CT molecular complexity index is 676. The molecule has 4 aliphatic carbocycles. The van der Waals surface area contributed by atoms with E-state index >= 15 is 0 Å². The third-order valence-corrected chi connectivity index (χ3v) is 10.1. The van der Waals surface area contributed by atoms with Crippen LogP contribution in [-0.4, -0.2) is 39.3 Å². The fourth-order valence-electron chi connectivity index (χ4n) is 8.40. The molecule has 4 unspecified atom stereocenters. The molecule has 5 nitrogen and oxygen atoms in total. The van der Waals surface area contributed by atoms with Crippen molar-refractivity contribution < 1.29 is 24.9 Å². The standard InChI is InChI=1S/C24H38O5/c1-13(4-7-21(28)29)16-5-6-17-22-18(12-20(27)24(16,17)3)23(2)9-8-15(25)10-14(23)11-19(22)26/h13-18,20,22,25,27H,4-12H2,1-3H3,(H,28,29)/t13?,14-,15+,16+,17?,18?,20-,22?,23-,24+/m0/s1. The summed E-state index contributed by atoms with van der Waals surface area (Å²) >= 11 is 0.